The van der Waals surface area contributed by atoms with Gasteiger partial charge in [0.15, 0.2) is 0 Å². The normalized spacial score (nSPS) is 10.4. The summed E-state index contributed by atoms with van der Waals surface area (Å²) >= 11 is 7.31. The number of anilines is 1. The number of unbranched alkanes of at least 4 members (excludes halogenated alkanes) is 1. The van der Waals surface area contributed by atoms with Crippen LogP contribution in [-0.4, -0.2) is 23.2 Å². The molecule has 0 aliphatic carbocycles. The van der Waals surface area contributed by atoms with Gasteiger partial charge >= 0.3 is 0 Å². The number of amides is 1. The average molecular weight is 326 g/mol. The predicted octanol–water partition coefficient (Wildman–Crippen LogP) is 3.80. The van der Waals surface area contributed by atoms with E-state index in [1.807, 2.05) is 0 Å². The molecule has 1 amide bonds. The summed E-state index contributed by atoms with van der Waals surface area (Å²) in [6.07, 6.45) is 3.04. The monoisotopic (exact) mass is 325 g/mol. The Morgan fingerprint density at radius 3 is 2.95 bits per heavy atom. The van der Waals surface area contributed by atoms with Crippen molar-refractivity contribution in [2.45, 2.75) is 26.2 Å². The Hall–Kier alpha value is -1.66. The van der Waals surface area contributed by atoms with E-state index in [1.165, 1.54) is 18.4 Å². The van der Waals surface area contributed by atoms with Gasteiger partial charge in [0.05, 0.1) is 12.7 Å². The van der Waals surface area contributed by atoms with E-state index >= 15 is 0 Å². The minimum atomic E-state index is -0.312. The fourth-order valence-electron chi connectivity index (χ4n) is 1.76. The Bertz CT molecular complexity index is 630. The molecule has 0 aliphatic rings. The van der Waals surface area contributed by atoms with E-state index in [0.717, 1.165) is 24.3 Å². The maximum Gasteiger partial charge on any atom is 0.261 e. The summed E-state index contributed by atoms with van der Waals surface area (Å²) in [4.78, 5) is 12.3. The number of nitrogens with zero attached hydrogens (tertiary/aromatic N) is 2. The van der Waals surface area contributed by atoms with E-state index in [1.54, 1.807) is 18.2 Å². The number of rotatable bonds is 6. The smallest absolute Gasteiger partial charge is 0.261 e. The van der Waals surface area contributed by atoms with Crippen LogP contribution in [0, 0.1) is 0 Å². The summed E-state index contributed by atoms with van der Waals surface area (Å²) in [6, 6.07) is 4.89. The summed E-state index contributed by atoms with van der Waals surface area (Å²) in [5.74, 6) is 0.153. The molecule has 2 rings (SSSR count). The summed E-state index contributed by atoms with van der Waals surface area (Å²) in [5.41, 5.74) is 0.371. The van der Waals surface area contributed by atoms with Gasteiger partial charge in [0.2, 0.25) is 5.13 Å². The molecule has 0 unspecified atom stereocenters. The first-order chi connectivity index (χ1) is 10.1. The van der Waals surface area contributed by atoms with Gasteiger partial charge in [0.1, 0.15) is 10.8 Å². The molecular weight excluding hydrogens is 310 g/mol. The number of aromatic nitrogens is 2. The summed E-state index contributed by atoms with van der Waals surface area (Å²) in [6.45, 7) is 2.12. The minimum absolute atomic E-state index is 0.312. The molecular formula is C14H16ClN3O2S. The first-order valence-electron chi connectivity index (χ1n) is 6.61. The highest BCUT2D eigenvalue weighted by atomic mass is 35.5. The van der Waals surface area contributed by atoms with Crippen LogP contribution in [-0.2, 0) is 6.42 Å². The van der Waals surface area contributed by atoms with Crippen molar-refractivity contribution in [1.82, 2.24) is 10.2 Å². The van der Waals surface area contributed by atoms with Crippen LogP contribution in [0.15, 0.2) is 18.2 Å². The zero-order chi connectivity index (χ0) is 15.2. The Kier molecular flexibility index (Phi) is 5.52. The molecule has 0 fully saturated rings. The van der Waals surface area contributed by atoms with Gasteiger partial charge in [-0.05, 0) is 24.6 Å². The number of aryl methyl sites for hydroxylation is 1. The second kappa shape index (κ2) is 7.38. The van der Waals surface area contributed by atoms with Crippen molar-refractivity contribution in [1.29, 1.82) is 0 Å². The van der Waals surface area contributed by atoms with Crippen LogP contribution in [0.5, 0.6) is 5.75 Å². The molecule has 1 aromatic carbocycles. The van der Waals surface area contributed by atoms with Crippen LogP contribution in [0.25, 0.3) is 0 Å². The summed E-state index contributed by atoms with van der Waals surface area (Å²) in [5, 5.41) is 12.6. The molecule has 0 saturated carbocycles. The van der Waals surface area contributed by atoms with Crippen molar-refractivity contribution < 1.29 is 9.53 Å². The second-order valence-electron chi connectivity index (χ2n) is 4.40. The van der Waals surface area contributed by atoms with Gasteiger partial charge in [-0.1, -0.05) is 36.3 Å². The van der Waals surface area contributed by atoms with Gasteiger partial charge in [-0.25, -0.2) is 0 Å². The second-order valence-corrected chi connectivity index (χ2v) is 5.90. The highest BCUT2D eigenvalue weighted by molar-refractivity contribution is 7.15. The molecule has 7 heteroatoms. The van der Waals surface area contributed by atoms with E-state index in [0.29, 0.717) is 21.5 Å². The first-order valence-corrected chi connectivity index (χ1v) is 7.80. The number of methoxy groups -OCH3 is 1. The molecule has 0 atom stereocenters. The lowest BCUT2D eigenvalue weighted by Crippen LogP contribution is -2.13. The van der Waals surface area contributed by atoms with Gasteiger partial charge in [0, 0.05) is 11.4 Å². The number of hydrogen-bond acceptors (Lipinski definition) is 5. The molecule has 2 aromatic rings. The van der Waals surface area contributed by atoms with Crippen molar-refractivity contribution >= 4 is 34.0 Å². The Labute approximate surface area is 132 Å². The third kappa shape index (κ3) is 4.15. The predicted molar refractivity (Wildman–Crippen MR) is 84.5 cm³/mol. The van der Waals surface area contributed by atoms with Crippen LogP contribution in [0.3, 0.4) is 0 Å². The number of nitrogens with one attached hydrogen (secondary N) is 1. The molecule has 0 bridgehead atoms. The number of benzene rings is 1. The van der Waals surface area contributed by atoms with Gasteiger partial charge in [-0.2, -0.15) is 0 Å². The minimum Gasteiger partial charge on any atom is -0.496 e. The Morgan fingerprint density at radius 2 is 2.24 bits per heavy atom. The van der Waals surface area contributed by atoms with E-state index in [-0.39, 0.29) is 5.91 Å². The average Bonchev–Trinajstić information content (AvgIpc) is 2.92. The van der Waals surface area contributed by atoms with Gasteiger partial charge in [-0.3, -0.25) is 10.1 Å². The molecule has 1 aromatic heterocycles. The van der Waals surface area contributed by atoms with Crippen molar-refractivity contribution in [3.63, 3.8) is 0 Å². The zero-order valence-corrected chi connectivity index (χ0v) is 13.4. The number of hydrogen-bond donors (Lipinski definition) is 1. The molecule has 0 aliphatic heterocycles. The summed E-state index contributed by atoms with van der Waals surface area (Å²) < 4.78 is 5.17. The van der Waals surface area contributed by atoms with E-state index in [4.69, 9.17) is 16.3 Å². The lowest BCUT2D eigenvalue weighted by Gasteiger charge is -2.07. The molecule has 5 nitrogen and oxygen atoms in total. The maximum absolute atomic E-state index is 12.3. The molecule has 1 N–H and O–H groups in total. The molecule has 112 valence electrons. The third-order valence-electron chi connectivity index (χ3n) is 2.84. The van der Waals surface area contributed by atoms with Crippen LogP contribution in [0.1, 0.15) is 35.1 Å². The van der Waals surface area contributed by atoms with E-state index < -0.39 is 0 Å². The number of carbonyl (C=O) groups is 1. The van der Waals surface area contributed by atoms with Crippen LogP contribution >= 0.6 is 22.9 Å². The molecule has 21 heavy (non-hydrogen) atoms. The van der Waals surface area contributed by atoms with Crippen LogP contribution < -0.4 is 10.1 Å². The summed E-state index contributed by atoms with van der Waals surface area (Å²) in [7, 11) is 1.51. The van der Waals surface area contributed by atoms with Crippen molar-refractivity contribution in [3.05, 3.63) is 33.8 Å². The Balaban J connectivity index is 2.10. The lowest BCUT2D eigenvalue weighted by molar-refractivity contribution is 0.102. The standard InChI is InChI=1S/C14H16ClN3O2S/c1-3-4-5-12-17-18-14(21-12)16-13(19)10-8-9(15)6-7-11(10)20-2/h6-8H,3-5H2,1-2H3,(H,16,18,19). The Morgan fingerprint density at radius 1 is 1.43 bits per heavy atom. The fourth-order valence-corrected chi connectivity index (χ4v) is 2.70. The van der Waals surface area contributed by atoms with Crippen molar-refractivity contribution in [2.75, 3.05) is 12.4 Å². The molecule has 1 heterocycles. The zero-order valence-electron chi connectivity index (χ0n) is 11.9. The van der Waals surface area contributed by atoms with E-state index in [2.05, 4.69) is 22.4 Å². The van der Waals surface area contributed by atoms with Gasteiger partial charge in [-0.15, -0.1) is 10.2 Å². The number of carbonyl (C=O) groups excluding carboxylic acids is 1. The van der Waals surface area contributed by atoms with Gasteiger partial charge < -0.3 is 4.74 Å². The van der Waals surface area contributed by atoms with Crippen molar-refractivity contribution in [3.8, 4) is 5.75 Å². The van der Waals surface area contributed by atoms with E-state index in [9.17, 15) is 4.79 Å². The first kappa shape index (κ1) is 15.7. The highest BCUT2D eigenvalue weighted by Crippen LogP contribution is 2.24. The SMILES string of the molecule is CCCCc1nnc(NC(=O)c2cc(Cl)ccc2OC)s1. The largest absolute Gasteiger partial charge is 0.496 e. The van der Waals surface area contributed by atoms with Crippen molar-refractivity contribution in [2.24, 2.45) is 0 Å². The number of ether oxygens (including phenoxy) is 1. The highest BCUT2D eigenvalue weighted by Gasteiger charge is 2.15. The van der Waals surface area contributed by atoms with Crippen LogP contribution in [0.4, 0.5) is 5.13 Å². The number of halogens is 1. The van der Waals surface area contributed by atoms with Crippen LogP contribution in [0.2, 0.25) is 5.02 Å². The maximum atomic E-state index is 12.3. The van der Waals surface area contributed by atoms with Gasteiger partial charge in [0.25, 0.3) is 5.91 Å². The molecule has 0 spiro atoms. The lowest BCUT2D eigenvalue weighted by atomic mass is 10.2. The quantitative estimate of drug-likeness (QED) is 0.877. The third-order valence-corrected chi connectivity index (χ3v) is 3.97. The topological polar surface area (TPSA) is 64.1 Å². The molecule has 0 saturated heterocycles. The fraction of sp³-hybridized carbons (Fsp3) is 0.357. The molecule has 0 radical (unpaired) electrons.